The molecule has 6 nitrogen and oxygen atoms in total. The zero-order valence-corrected chi connectivity index (χ0v) is 12.3. The Bertz CT molecular complexity index is 780. The summed E-state index contributed by atoms with van der Waals surface area (Å²) in [5, 5.41) is 11.1. The summed E-state index contributed by atoms with van der Waals surface area (Å²) in [4.78, 5) is 28.2. The molecule has 0 saturated heterocycles. The molecule has 0 aliphatic heterocycles. The second-order valence-electron chi connectivity index (χ2n) is 4.68. The SMILES string of the molecule is CCCc1[nH]c(=S)[nH]c(=O)c1Cc1ccccc1[N+](=O)[O-]. The van der Waals surface area contributed by atoms with Crippen LogP contribution in [-0.2, 0) is 12.8 Å². The number of H-pyrrole nitrogens is 2. The van der Waals surface area contributed by atoms with Gasteiger partial charge in [-0.3, -0.25) is 19.9 Å². The molecule has 0 atom stereocenters. The fraction of sp³-hybridized carbons (Fsp3) is 0.286. The Morgan fingerprint density at radius 3 is 2.67 bits per heavy atom. The smallest absolute Gasteiger partial charge is 0.272 e. The van der Waals surface area contributed by atoms with Crippen molar-refractivity contribution in [2.75, 3.05) is 0 Å². The van der Waals surface area contributed by atoms with Crippen LogP contribution in [-0.4, -0.2) is 14.9 Å². The zero-order chi connectivity index (χ0) is 15.4. The lowest BCUT2D eigenvalue weighted by Gasteiger charge is -2.08. The molecule has 2 rings (SSSR count). The molecule has 2 aromatic rings. The van der Waals surface area contributed by atoms with Crippen LogP contribution in [0.3, 0.4) is 0 Å². The number of para-hydroxylation sites is 1. The van der Waals surface area contributed by atoms with Crippen LogP contribution in [0.15, 0.2) is 29.1 Å². The van der Waals surface area contributed by atoms with Crippen LogP contribution in [0.2, 0.25) is 0 Å². The van der Waals surface area contributed by atoms with Crippen LogP contribution < -0.4 is 5.56 Å². The molecular weight excluding hydrogens is 290 g/mol. The quantitative estimate of drug-likeness (QED) is 0.505. The summed E-state index contributed by atoms with van der Waals surface area (Å²) in [6.45, 7) is 1.99. The van der Waals surface area contributed by atoms with Crippen LogP contribution in [0.4, 0.5) is 5.69 Å². The molecule has 2 N–H and O–H groups in total. The first kappa shape index (κ1) is 15.1. The van der Waals surface area contributed by atoms with Crippen molar-refractivity contribution in [2.24, 2.45) is 0 Å². The van der Waals surface area contributed by atoms with Crippen molar-refractivity contribution in [1.82, 2.24) is 9.97 Å². The summed E-state index contributed by atoms with van der Waals surface area (Å²) < 4.78 is 0.273. The monoisotopic (exact) mass is 305 g/mol. The van der Waals surface area contributed by atoms with Crippen molar-refractivity contribution in [2.45, 2.75) is 26.2 Å². The fourth-order valence-electron chi connectivity index (χ4n) is 2.24. The van der Waals surface area contributed by atoms with Gasteiger partial charge in [-0.05, 0) is 18.6 Å². The van der Waals surface area contributed by atoms with Crippen molar-refractivity contribution in [3.8, 4) is 0 Å². The van der Waals surface area contributed by atoms with Crippen molar-refractivity contribution < 1.29 is 4.92 Å². The Kier molecular flexibility index (Phi) is 4.64. The molecule has 0 saturated carbocycles. The number of nitrogens with one attached hydrogen (secondary N) is 2. The molecule has 1 heterocycles. The van der Waals surface area contributed by atoms with E-state index in [1.54, 1.807) is 18.2 Å². The Morgan fingerprint density at radius 2 is 2.00 bits per heavy atom. The normalized spacial score (nSPS) is 10.5. The first-order valence-corrected chi connectivity index (χ1v) is 7.00. The van der Waals surface area contributed by atoms with Gasteiger partial charge in [0.05, 0.1) is 4.92 Å². The largest absolute Gasteiger partial charge is 0.336 e. The third-order valence-corrected chi connectivity index (χ3v) is 3.39. The van der Waals surface area contributed by atoms with Gasteiger partial charge in [-0.2, -0.15) is 0 Å². The predicted octanol–water partition coefficient (Wildman–Crippen LogP) is 2.88. The van der Waals surface area contributed by atoms with Gasteiger partial charge in [-0.25, -0.2) is 0 Å². The molecule has 0 amide bonds. The summed E-state index contributed by atoms with van der Waals surface area (Å²) in [7, 11) is 0. The Labute approximate surface area is 126 Å². The molecule has 0 spiro atoms. The number of hydrogen-bond acceptors (Lipinski definition) is 4. The van der Waals surface area contributed by atoms with E-state index in [2.05, 4.69) is 9.97 Å². The van der Waals surface area contributed by atoms with Crippen LogP contribution in [0.5, 0.6) is 0 Å². The first-order valence-electron chi connectivity index (χ1n) is 6.59. The molecule has 0 aliphatic rings. The van der Waals surface area contributed by atoms with Gasteiger partial charge in [0, 0.05) is 29.3 Å². The van der Waals surface area contributed by atoms with E-state index in [9.17, 15) is 14.9 Å². The van der Waals surface area contributed by atoms with E-state index in [1.165, 1.54) is 6.07 Å². The zero-order valence-electron chi connectivity index (χ0n) is 11.5. The maximum atomic E-state index is 12.1. The van der Waals surface area contributed by atoms with Gasteiger partial charge in [-0.1, -0.05) is 31.5 Å². The van der Waals surface area contributed by atoms with Crippen molar-refractivity contribution >= 4 is 17.9 Å². The highest BCUT2D eigenvalue weighted by Crippen LogP contribution is 2.21. The van der Waals surface area contributed by atoms with Crippen LogP contribution in [0.25, 0.3) is 0 Å². The molecule has 0 fully saturated rings. The first-order chi connectivity index (χ1) is 10.0. The molecule has 7 heteroatoms. The van der Waals surface area contributed by atoms with Gasteiger partial charge in [-0.15, -0.1) is 0 Å². The van der Waals surface area contributed by atoms with E-state index in [0.717, 1.165) is 12.1 Å². The summed E-state index contributed by atoms with van der Waals surface area (Å²) in [5.41, 5.74) is 1.47. The number of aryl methyl sites for hydroxylation is 1. The maximum Gasteiger partial charge on any atom is 0.272 e. The maximum absolute atomic E-state index is 12.1. The van der Waals surface area contributed by atoms with Crippen LogP contribution in [0.1, 0.15) is 30.2 Å². The molecule has 0 bridgehead atoms. The number of nitro groups is 1. The number of rotatable bonds is 5. The van der Waals surface area contributed by atoms with E-state index in [1.807, 2.05) is 6.92 Å². The van der Waals surface area contributed by atoms with E-state index in [4.69, 9.17) is 12.2 Å². The molecule has 0 radical (unpaired) electrons. The number of nitrogens with zero attached hydrogens (tertiary/aromatic N) is 1. The summed E-state index contributed by atoms with van der Waals surface area (Å²) in [6.07, 6.45) is 1.72. The highest BCUT2D eigenvalue weighted by atomic mass is 32.1. The number of hydrogen-bond donors (Lipinski definition) is 2. The van der Waals surface area contributed by atoms with Crippen molar-refractivity contribution in [1.29, 1.82) is 0 Å². The number of nitro benzene ring substituents is 1. The number of benzene rings is 1. The standard InChI is InChI=1S/C14H15N3O3S/c1-2-5-11-10(13(18)16-14(21)15-11)8-9-6-3-4-7-12(9)17(19)20/h3-4,6-7H,2,5,8H2,1H3,(H2,15,16,18,21). The second-order valence-corrected chi connectivity index (χ2v) is 5.09. The minimum absolute atomic E-state index is 0.0156. The van der Waals surface area contributed by atoms with E-state index in [-0.39, 0.29) is 22.4 Å². The number of aromatic nitrogens is 2. The minimum atomic E-state index is -0.436. The van der Waals surface area contributed by atoms with Crippen LogP contribution >= 0.6 is 12.2 Å². The molecule has 21 heavy (non-hydrogen) atoms. The van der Waals surface area contributed by atoms with Crippen molar-refractivity contribution in [3.05, 3.63) is 66.3 Å². The fourth-order valence-corrected chi connectivity index (χ4v) is 2.45. The lowest BCUT2D eigenvalue weighted by Crippen LogP contribution is -2.18. The van der Waals surface area contributed by atoms with Gasteiger partial charge >= 0.3 is 0 Å². The van der Waals surface area contributed by atoms with Crippen LogP contribution in [0, 0.1) is 14.9 Å². The highest BCUT2D eigenvalue weighted by molar-refractivity contribution is 7.71. The van der Waals surface area contributed by atoms with Gasteiger partial charge in [0.25, 0.3) is 11.2 Å². The highest BCUT2D eigenvalue weighted by Gasteiger charge is 2.16. The molecule has 0 unspecified atom stereocenters. The molecule has 1 aromatic carbocycles. The van der Waals surface area contributed by atoms with Gasteiger partial charge in [0.2, 0.25) is 0 Å². The Hall–Kier alpha value is -2.28. The molecule has 110 valence electrons. The lowest BCUT2D eigenvalue weighted by atomic mass is 10.0. The Balaban J connectivity index is 2.52. The van der Waals surface area contributed by atoms with E-state index >= 15 is 0 Å². The third-order valence-electron chi connectivity index (χ3n) is 3.19. The van der Waals surface area contributed by atoms with Gasteiger partial charge in [0.15, 0.2) is 4.77 Å². The van der Waals surface area contributed by atoms with E-state index in [0.29, 0.717) is 17.5 Å². The van der Waals surface area contributed by atoms with Gasteiger partial charge < -0.3 is 4.98 Å². The van der Waals surface area contributed by atoms with Crippen molar-refractivity contribution in [3.63, 3.8) is 0 Å². The predicted molar refractivity (Wildman–Crippen MR) is 82.1 cm³/mol. The average molecular weight is 305 g/mol. The second kappa shape index (κ2) is 6.45. The average Bonchev–Trinajstić information content (AvgIpc) is 2.43. The summed E-state index contributed by atoms with van der Waals surface area (Å²) in [6, 6.07) is 6.43. The summed E-state index contributed by atoms with van der Waals surface area (Å²) >= 11 is 4.97. The number of aromatic amines is 2. The molecular formula is C14H15N3O3S. The lowest BCUT2D eigenvalue weighted by molar-refractivity contribution is -0.385. The summed E-state index contributed by atoms with van der Waals surface area (Å²) in [5.74, 6) is 0. The Morgan fingerprint density at radius 1 is 1.29 bits per heavy atom. The third kappa shape index (κ3) is 3.43. The minimum Gasteiger partial charge on any atom is -0.336 e. The molecule has 0 aliphatic carbocycles. The molecule has 1 aromatic heterocycles. The topological polar surface area (TPSA) is 91.8 Å². The van der Waals surface area contributed by atoms with Gasteiger partial charge in [0.1, 0.15) is 0 Å². The van der Waals surface area contributed by atoms with E-state index < -0.39 is 4.92 Å².